The quantitative estimate of drug-likeness (QED) is 0.334. The molecule has 0 saturated carbocycles. The topological polar surface area (TPSA) is 143 Å². The van der Waals surface area contributed by atoms with Crippen LogP contribution in [0.2, 0.25) is 0 Å². The SMILES string of the molecule is C=CC1=C(C)C(C=c2[nH]c(=Cc3[nH]c(C=C4NC(=O)C(C)=C4C=C)c(C)c3CCC(=O)OC)c(CCC(=O)OC)c2C)=NC1=O. The summed E-state index contributed by atoms with van der Waals surface area (Å²) in [6.45, 7) is 15.1. The molecule has 2 aliphatic rings. The Bertz CT molecular complexity index is 1890. The maximum absolute atomic E-state index is 12.4. The third-order valence-corrected chi connectivity index (χ3v) is 8.31. The fraction of sp³-hybridized carbons (Fsp3) is 0.286. The summed E-state index contributed by atoms with van der Waals surface area (Å²) in [5, 5.41) is 4.38. The average Bonchev–Trinajstić information content (AvgIpc) is 3.66. The lowest BCUT2D eigenvalue weighted by molar-refractivity contribution is -0.141. The summed E-state index contributed by atoms with van der Waals surface area (Å²) in [6, 6.07) is 0. The molecule has 0 atom stereocenters. The fourth-order valence-electron chi connectivity index (χ4n) is 5.54. The van der Waals surface area contributed by atoms with Gasteiger partial charge in [-0.3, -0.25) is 19.2 Å². The minimum Gasteiger partial charge on any atom is -0.469 e. The van der Waals surface area contributed by atoms with Gasteiger partial charge in [0.25, 0.3) is 11.8 Å². The van der Waals surface area contributed by atoms with Crippen molar-refractivity contribution < 1.29 is 28.7 Å². The first-order valence-corrected chi connectivity index (χ1v) is 14.5. The Hall–Kier alpha value is -5.25. The number of nitrogens with one attached hydrogen (secondary N) is 3. The number of ether oxygens (including phenoxy) is 2. The van der Waals surface area contributed by atoms with Gasteiger partial charge in [-0.2, -0.15) is 0 Å². The van der Waals surface area contributed by atoms with Crippen LogP contribution in [-0.4, -0.2) is 53.7 Å². The van der Waals surface area contributed by atoms with Crippen molar-refractivity contribution in [2.24, 2.45) is 4.99 Å². The first-order valence-electron chi connectivity index (χ1n) is 14.5. The number of carbonyl (C=O) groups is 4. The number of carbonyl (C=O) groups excluding carboxylic acids is 4. The first kappa shape index (κ1) is 32.7. The van der Waals surface area contributed by atoms with E-state index in [2.05, 4.69) is 33.4 Å². The summed E-state index contributed by atoms with van der Waals surface area (Å²) in [6.07, 6.45) is 9.92. The van der Waals surface area contributed by atoms with Crippen LogP contribution in [0.25, 0.3) is 18.2 Å². The maximum atomic E-state index is 12.4. The number of rotatable bonds is 11. The highest BCUT2D eigenvalue weighted by molar-refractivity contribution is 6.31. The van der Waals surface area contributed by atoms with Gasteiger partial charge < -0.3 is 24.8 Å². The van der Waals surface area contributed by atoms with Gasteiger partial charge in [0.1, 0.15) is 0 Å². The molecule has 4 rings (SSSR count). The predicted molar refractivity (Wildman–Crippen MR) is 173 cm³/mol. The number of allylic oxidation sites excluding steroid dienone is 2. The summed E-state index contributed by atoms with van der Waals surface area (Å²) >= 11 is 0. The molecule has 234 valence electrons. The Morgan fingerprint density at radius 1 is 0.756 bits per heavy atom. The second kappa shape index (κ2) is 13.6. The number of amides is 2. The summed E-state index contributed by atoms with van der Waals surface area (Å²) in [5.41, 5.74) is 8.76. The van der Waals surface area contributed by atoms with Crippen LogP contribution in [0.3, 0.4) is 0 Å². The minimum atomic E-state index is -0.337. The number of methoxy groups -OCH3 is 2. The Labute approximate surface area is 261 Å². The lowest BCUT2D eigenvalue weighted by Crippen LogP contribution is -2.15. The van der Waals surface area contributed by atoms with Gasteiger partial charge in [0.15, 0.2) is 0 Å². The third-order valence-electron chi connectivity index (χ3n) is 8.31. The van der Waals surface area contributed by atoms with Crippen LogP contribution >= 0.6 is 0 Å². The second-order valence-electron chi connectivity index (χ2n) is 10.9. The van der Waals surface area contributed by atoms with E-state index in [1.807, 2.05) is 39.0 Å². The molecule has 2 amide bonds. The molecule has 4 heterocycles. The van der Waals surface area contributed by atoms with Gasteiger partial charge in [-0.1, -0.05) is 25.3 Å². The predicted octanol–water partition coefficient (Wildman–Crippen LogP) is 3.24. The van der Waals surface area contributed by atoms with E-state index < -0.39 is 0 Å². The molecule has 10 nitrogen and oxygen atoms in total. The molecule has 2 aromatic heterocycles. The Kier molecular flexibility index (Phi) is 9.86. The molecule has 0 bridgehead atoms. The van der Waals surface area contributed by atoms with Crippen molar-refractivity contribution in [2.45, 2.75) is 53.4 Å². The number of H-pyrrole nitrogens is 2. The van der Waals surface area contributed by atoms with Gasteiger partial charge in [0.05, 0.1) is 25.6 Å². The van der Waals surface area contributed by atoms with Crippen molar-refractivity contribution in [2.75, 3.05) is 14.2 Å². The van der Waals surface area contributed by atoms with Gasteiger partial charge in [0, 0.05) is 51.6 Å². The molecule has 2 aromatic rings. The third kappa shape index (κ3) is 6.64. The molecule has 0 aromatic carbocycles. The van der Waals surface area contributed by atoms with Crippen molar-refractivity contribution in [3.8, 4) is 0 Å². The number of hydrogen-bond donors (Lipinski definition) is 3. The highest BCUT2D eigenvalue weighted by atomic mass is 16.5. The first-order chi connectivity index (χ1) is 21.4. The van der Waals surface area contributed by atoms with Crippen LogP contribution in [0, 0.1) is 13.8 Å². The van der Waals surface area contributed by atoms with E-state index in [-0.39, 0.29) is 36.6 Å². The van der Waals surface area contributed by atoms with Crippen LogP contribution in [0.1, 0.15) is 60.3 Å². The molecule has 45 heavy (non-hydrogen) atoms. The summed E-state index contributed by atoms with van der Waals surface area (Å²) in [5.74, 6) is -1.19. The van der Waals surface area contributed by atoms with Gasteiger partial charge in [-0.25, -0.2) is 4.99 Å². The zero-order valence-electron chi connectivity index (χ0n) is 26.5. The lowest BCUT2D eigenvalue weighted by atomic mass is 10.0. The minimum absolute atomic E-state index is 0.167. The molecule has 10 heteroatoms. The molecule has 3 N–H and O–H groups in total. The number of aromatic amines is 2. The molecule has 0 unspecified atom stereocenters. The molecule has 0 spiro atoms. The van der Waals surface area contributed by atoms with Crippen molar-refractivity contribution in [3.63, 3.8) is 0 Å². The van der Waals surface area contributed by atoms with E-state index in [9.17, 15) is 19.2 Å². The highest BCUT2D eigenvalue weighted by Crippen LogP contribution is 2.27. The Morgan fingerprint density at radius 3 is 1.96 bits per heavy atom. The van der Waals surface area contributed by atoms with Crippen LogP contribution in [0.4, 0.5) is 0 Å². The smallest absolute Gasteiger partial charge is 0.305 e. The van der Waals surface area contributed by atoms with E-state index in [4.69, 9.17) is 9.47 Å². The van der Waals surface area contributed by atoms with Crippen LogP contribution in [-0.2, 0) is 41.5 Å². The number of aromatic nitrogens is 2. The summed E-state index contributed by atoms with van der Waals surface area (Å²) in [4.78, 5) is 60.1. The number of aliphatic imine (C=N–C) groups is 1. The van der Waals surface area contributed by atoms with E-state index >= 15 is 0 Å². The van der Waals surface area contributed by atoms with Crippen molar-refractivity contribution >= 4 is 47.7 Å². The highest BCUT2D eigenvalue weighted by Gasteiger charge is 2.23. The molecule has 0 fully saturated rings. The maximum Gasteiger partial charge on any atom is 0.305 e. The average molecular weight is 611 g/mol. The van der Waals surface area contributed by atoms with Crippen LogP contribution in [0.15, 0.2) is 58.3 Å². The number of nitrogens with zero attached hydrogens (tertiary/aromatic N) is 1. The van der Waals surface area contributed by atoms with E-state index in [1.165, 1.54) is 20.3 Å². The van der Waals surface area contributed by atoms with E-state index in [0.717, 1.165) is 55.5 Å². The molecule has 0 saturated heterocycles. The van der Waals surface area contributed by atoms with Gasteiger partial charge >= 0.3 is 11.9 Å². The molecule has 0 radical (unpaired) electrons. The normalized spacial score (nSPS) is 16.6. The Morgan fingerprint density at radius 2 is 1.38 bits per heavy atom. The summed E-state index contributed by atoms with van der Waals surface area (Å²) in [7, 11) is 2.71. The van der Waals surface area contributed by atoms with Gasteiger partial charge in [-0.05, 0) is 86.6 Å². The molecular weight excluding hydrogens is 572 g/mol. The Balaban J connectivity index is 1.92. The number of hydrogen-bond acceptors (Lipinski definition) is 6. The van der Waals surface area contributed by atoms with Crippen molar-refractivity contribution in [3.05, 3.63) is 97.6 Å². The molecular formula is C35H38N4O6. The standard InChI is InChI=1S/C35H38N4O6/c1-9-22-21(6)34(42)39-29(22)16-27-20(5)25(12-14-33(41)45-8)31(37-27)17-30-24(11-13-32(40)44-7)19(4)26(36-30)15-28-18(3)23(10-2)35(43)38-28/h9-10,15-17,36-37H,1-2,11-14H2,3-8H3,(H,39,42). The second-order valence-corrected chi connectivity index (χ2v) is 10.9. The zero-order valence-corrected chi connectivity index (χ0v) is 26.5. The summed E-state index contributed by atoms with van der Waals surface area (Å²) < 4.78 is 9.80. The van der Waals surface area contributed by atoms with Gasteiger partial charge in [-0.15, -0.1) is 0 Å². The van der Waals surface area contributed by atoms with E-state index in [1.54, 1.807) is 13.0 Å². The zero-order chi connectivity index (χ0) is 33.0. The monoisotopic (exact) mass is 610 g/mol. The largest absolute Gasteiger partial charge is 0.469 e. The molecule has 2 aliphatic heterocycles. The number of esters is 2. The fourth-order valence-corrected chi connectivity index (χ4v) is 5.54. The molecule has 0 aliphatic carbocycles. The van der Waals surface area contributed by atoms with Gasteiger partial charge in [0.2, 0.25) is 0 Å². The van der Waals surface area contributed by atoms with Crippen molar-refractivity contribution in [1.82, 2.24) is 15.3 Å². The van der Waals surface area contributed by atoms with Crippen molar-refractivity contribution in [1.29, 1.82) is 0 Å². The van der Waals surface area contributed by atoms with Crippen LogP contribution < -0.4 is 16.0 Å². The lowest BCUT2D eigenvalue weighted by Gasteiger charge is -2.04. The van der Waals surface area contributed by atoms with E-state index in [0.29, 0.717) is 35.4 Å². The van der Waals surface area contributed by atoms with Crippen LogP contribution in [0.5, 0.6) is 0 Å².